The maximum absolute atomic E-state index is 13.4. The molecule has 3 aromatic rings. The number of halogens is 3. The summed E-state index contributed by atoms with van der Waals surface area (Å²) in [6, 6.07) is 19.4. The minimum Gasteiger partial charge on any atom is -0.369 e. The molecule has 0 aromatic heterocycles. The number of nitrogens with one attached hydrogen (secondary N) is 1. The Morgan fingerprint density at radius 2 is 1.47 bits per heavy atom. The molecule has 2 amide bonds. The van der Waals surface area contributed by atoms with Gasteiger partial charge in [-0.25, -0.2) is 8.78 Å². The van der Waals surface area contributed by atoms with E-state index in [1.165, 1.54) is 24.3 Å². The molecule has 0 heterocycles. The van der Waals surface area contributed by atoms with Gasteiger partial charge in [0.15, 0.2) is 0 Å². The van der Waals surface area contributed by atoms with Crippen molar-refractivity contribution in [2.75, 3.05) is 6.54 Å². The van der Waals surface area contributed by atoms with E-state index in [0.717, 1.165) is 11.1 Å². The van der Waals surface area contributed by atoms with Gasteiger partial charge >= 0.3 is 0 Å². The molecular weight excluding hydrogens is 458 g/mol. The Balaban J connectivity index is 1.44. The molecule has 176 valence electrons. The van der Waals surface area contributed by atoms with E-state index < -0.39 is 17.2 Å². The zero-order valence-electron chi connectivity index (χ0n) is 18.4. The summed E-state index contributed by atoms with van der Waals surface area (Å²) in [7, 11) is 0. The number of rotatable bonds is 9. The van der Waals surface area contributed by atoms with E-state index in [0.29, 0.717) is 36.4 Å². The quantitative estimate of drug-likeness (QED) is 0.417. The van der Waals surface area contributed by atoms with Crippen molar-refractivity contribution in [3.63, 3.8) is 0 Å². The van der Waals surface area contributed by atoms with Crippen molar-refractivity contribution in [1.29, 1.82) is 0 Å². The Kier molecular flexibility index (Phi) is 6.98. The first-order valence-corrected chi connectivity index (χ1v) is 11.5. The van der Waals surface area contributed by atoms with E-state index in [-0.39, 0.29) is 23.5 Å². The van der Waals surface area contributed by atoms with Gasteiger partial charge < -0.3 is 11.1 Å². The second kappa shape index (κ2) is 9.94. The first-order chi connectivity index (χ1) is 16.3. The topological polar surface area (TPSA) is 72.2 Å². The van der Waals surface area contributed by atoms with Crippen LogP contribution in [0, 0.1) is 17.6 Å². The van der Waals surface area contributed by atoms with Crippen LogP contribution in [0.1, 0.15) is 41.9 Å². The fourth-order valence-corrected chi connectivity index (χ4v) is 4.76. The number of amides is 2. The summed E-state index contributed by atoms with van der Waals surface area (Å²) in [5.74, 6) is -2.02. The van der Waals surface area contributed by atoms with Crippen molar-refractivity contribution in [3.05, 3.63) is 106 Å². The van der Waals surface area contributed by atoms with Gasteiger partial charge in [-0.1, -0.05) is 48.0 Å². The Hall–Kier alpha value is -3.25. The van der Waals surface area contributed by atoms with Gasteiger partial charge in [0.2, 0.25) is 11.8 Å². The molecule has 0 aliphatic heterocycles. The van der Waals surface area contributed by atoms with Crippen LogP contribution < -0.4 is 11.1 Å². The molecule has 2 atom stereocenters. The van der Waals surface area contributed by atoms with Crippen LogP contribution in [0.25, 0.3) is 0 Å². The molecule has 2 unspecified atom stereocenters. The molecule has 3 aromatic carbocycles. The fourth-order valence-electron chi connectivity index (χ4n) is 4.64. The first-order valence-electron chi connectivity index (χ1n) is 11.2. The van der Waals surface area contributed by atoms with Crippen LogP contribution in [0.5, 0.6) is 0 Å². The van der Waals surface area contributed by atoms with E-state index >= 15 is 0 Å². The molecule has 34 heavy (non-hydrogen) atoms. The summed E-state index contributed by atoms with van der Waals surface area (Å²) in [5, 5.41) is 3.50. The van der Waals surface area contributed by atoms with Gasteiger partial charge in [0.05, 0.1) is 11.3 Å². The average Bonchev–Trinajstić information content (AvgIpc) is 3.59. The summed E-state index contributed by atoms with van der Waals surface area (Å²) in [6.45, 7) is 0.387. The smallest absolute Gasteiger partial charge is 0.231 e. The summed E-state index contributed by atoms with van der Waals surface area (Å²) in [6.07, 6.45) is 1.65. The number of nitrogens with two attached hydrogens (primary N) is 1. The maximum Gasteiger partial charge on any atom is 0.231 e. The molecule has 0 bridgehead atoms. The second-order valence-electron chi connectivity index (χ2n) is 8.69. The molecule has 1 saturated carbocycles. The van der Waals surface area contributed by atoms with Crippen LogP contribution in [0.3, 0.4) is 0 Å². The SMILES string of the molecule is NC(=O)C1CC1(C(=O)NCCCC(c1ccc(F)cc1)c1ccc(F)cc1)c1ccc(Cl)cc1. The molecule has 1 fully saturated rings. The highest BCUT2D eigenvalue weighted by atomic mass is 35.5. The van der Waals surface area contributed by atoms with Crippen molar-refractivity contribution in [1.82, 2.24) is 5.32 Å². The van der Waals surface area contributed by atoms with Gasteiger partial charge in [-0.3, -0.25) is 9.59 Å². The van der Waals surface area contributed by atoms with Gasteiger partial charge in [0.1, 0.15) is 11.6 Å². The zero-order chi connectivity index (χ0) is 24.3. The summed E-state index contributed by atoms with van der Waals surface area (Å²) in [4.78, 5) is 25.0. The lowest BCUT2D eigenvalue weighted by Crippen LogP contribution is -2.38. The lowest BCUT2D eigenvalue weighted by atomic mass is 9.87. The van der Waals surface area contributed by atoms with Gasteiger partial charge in [-0.15, -0.1) is 0 Å². The van der Waals surface area contributed by atoms with Gasteiger partial charge in [-0.05, 0) is 72.4 Å². The molecule has 1 aliphatic carbocycles. The van der Waals surface area contributed by atoms with Crippen LogP contribution in [0.15, 0.2) is 72.8 Å². The molecule has 3 N–H and O–H groups in total. The number of carbonyl (C=O) groups is 2. The summed E-state index contributed by atoms with van der Waals surface area (Å²) >= 11 is 5.98. The van der Waals surface area contributed by atoms with E-state index in [1.54, 1.807) is 48.5 Å². The molecule has 0 spiro atoms. The van der Waals surface area contributed by atoms with Gasteiger partial charge in [-0.2, -0.15) is 0 Å². The van der Waals surface area contributed by atoms with Gasteiger partial charge in [0, 0.05) is 17.5 Å². The number of primary amides is 1. The summed E-state index contributed by atoms with van der Waals surface area (Å²) in [5.41, 5.74) is 7.09. The van der Waals surface area contributed by atoms with Crippen molar-refractivity contribution in [2.24, 2.45) is 11.7 Å². The third kappa shape index (κ3) is 4.97. The number of hydrogen-bond acceptors (Lipinski definition) is 2. The van der Waals surface area contributed by atoms with Gasteiger partial charge in [0.25, 0.3) is 0 Å². The van der Waals surface area contributed by atoms with Crippen molar-refractivity contribution < 1.29 is 18.4 Å². The normalized spacial score (nSPS) is 19.1. The Morgan fingerprint density at radius 1 is 0.941 bits per heavy atom. The lowest BCUT2D eigenvalue weighted by molar-refractivity contribution is -0.127. The lowest BCUT2D eigenvalue weighted by Gasteiger charge is -2.20. The van der Waals surface area contributed by atoms with Crippen LogP contribution in [-0.4, -0.2) is 18.4 Å². The minimum atomic E-state index is -0.969. The molecule has 4 nitrogen and oxygen atoms in total. The highest BCUT2D eigenvalue weighted by molar-refractivity contribution is 6.30. The highest BCUT2D eigenvalue weighted by Crippen LogP contribution is 2.54. The largest absolute Gasteiger partial charge is 0.369 e. The molecular formula is C27H25ClF2N2O2. The number of benzene rings is 3. The number of carbonyl (C=O) groups excluding carboxylic acids is 2. The fraction of sp³-hybridized carbons (Fsp3) is 0.259. The van der Waals surface area contributed by atoms with Crippen molar-refractivity contribution in [3.8, 4) is 0 Å². The predicted molar refractivity (Wildman–Crippen MR) is 127 cm³/mol. The predicted octanol–water partition coefficient (Wildman–Crippen LogP) is 5.09. The third-order valence-corrected chi connectivity index (χ3v) is 6.82. The number of hydrogen-bond donors (Lipinski definition) is 2. The Bertz CT molecular complexity index is 1120. The van der Waals surface area contributed by atoms with Crippen molar-refractivity contribution >= 4 is 23.4 Å². The molecule has 7 heteroatoms. The van der Waals surface area contributed by atoms with Crippen LogP contribution in [-0.2, 0) is 15.0 Å². The zero-order valence-corrected chi connectivity index (χ0v) is 19.2. The Labute approximate surface area is 202 Å². The van der Waals surface area contributed by atoms with Crippen LogP contribution >= 0.6 is 11.6 Å². The molecule has 0 saturated heterocycles. The first kappa shape index (κ1) is 23.9. The van der Waals surface area contributed by atoms with Crippen molar-refractivity contribution in [2.45, 2.75) is 30.6 Å². The second-order valence-corrected chi connectivity index (χ2v) is 9.13. The standard InChI is InChI=1S/C27H25ClF2N2O2/c28-20-9-7-19(8-10-20)27(16-24(27)25(31)33)26(34)32-15-1-2-23(17-3-11-21(29)12-4-17)18-5-13-22(30)14-6-18/h3-14,23-24H,1-2,15-16H2,(H2,31,33)(H,32,34). The van der Waals surface area contributed by atoms with E-state index in [9.17, 15) is 18.4 Å². The van der Waals surface area contributed by atoms with E-state index in [1.807, 2.05) is 0 Å². The average molecular weight is 483 g/mol. The molecule has 0 radical (unpaired) electrons. The van der Waals surface area contributed by atoms with E-state index in [2.05, 4.69) is 5.32 Å². The Morgan fingerprint density at radius 3 is 1.94 bits per heavy atom. The maximum atomic E-state index is 13.4. The highest BCUT2D eigenvalue weighted by Gasteiger charge is 2.63. The monoisotopic (exact) mass is 482 g/mol. The molecule has 4 rings (SSSR count). The van der Waals surface area contributed by atoms with Crippen LogP contribution in [0.2, 0.25) is 5.02 Å². The third-order valence-electron chi connectivity index (χ3n) is 6.57. The minimum absolute atomic E-state index is 0.0809. The van der Waals surface area contributed by atoms with Crippen LogP contribution in [0.4, 0.5) is 8.78 Å². The van der Waals surface area contributed by atoms with E-state index in [4.69, 9.17) is 17.3 Å². The molecule has 1 aliphatic rings. The summed E-state index contributed by atoms with van der Waals surface area (Å²) < 4.78 is 26.9.